The predicted molar refractivity (Wildman–Crippen MR) is 71.5 cm³/mol. The molecule has 112 valence electrons. The van der Waals surface area contributed by atoms with Gasteiger partial charge in [-0.2, -0.15) is 0 Å². The van der Waals surface area contributed by atoms with E-state index >= 15 is 0 Å². The minimum absolute atomic E-state index is 0.271. The molecule has 0 aliphatic heterocycles. The largest absolute Gasteiger partial charge is 0.469 e. The number of hydrogen-bond donors (Lipinski definition) is 1. The summed E-state index contributed by atoms with van der Waals surface area (Å²) < 4.78 is 30.5. The first-order chi connectivity index (χ1) is 9.34. The Morgan fingerprint density at radius 2 is 1.90 bits per heavy atom. The van der Waals surface area contributed by atoms with E-state index in [0.717, 1.165) is 25.5 Å². The standard InChI is InChI=1S/C15H20F2O3/c1-4-5-10-6-8-11(9-7-10)15(2,19)12(13(16)17)14(18)20-3/h6-9,12-13,19H,4-5H2,1-3H3. The second-order valence-corrected chi connectivity index (χ2v) is 4.93. The molecule has 0 bridgehead atoms. The maximum absolute atomic E-state index is 13.1. The summed E-state index contributed by atoms with van der Waals surface area (Å²) in [4.78, 5) is 11.5. The second kappa shape index (κ2) is 6.79. The van der Waals surface area contributed by atoms with Gasteiger partial charge in [-0.25, -0.2) is 8.78 Å². The molecular weight excluding hydrogens is 266 g/mol. The van der Waals surface area contributed by atoms with E-state index in [4.69, 9.17) is 0 Å². The van der Waals surface area contributed by atoms with E-state index in [0.29, 0.717) is 0 Å². The van der Waals surface area contributed by atoms with Crippen molar-refractivity contribution in [2.75, 3.05) is 7.11 Å². The number of carbonyl (C=O) groups excluding carboxylic acids is 1. The lowest BCUT2D eigenvalue weighted by atomic mass is 9.82. The van der Waals surface area contributed by atoms with E-state index in [1.54, 1.807) is 24.3 Å². The Morgan fingerprint density at radius 3 is 2.30 bits per heavy atom. The molecule has 1 rings (SSSR count). The molecule has 0 radical (unpaired) electrons. The number of carbonyl (C=O) groups is 1. The van der Waals surface area contributed by atoms with Crippen LogP contribution in [0.1, 0.15) is 31.4 Å². The van der Waals surface area contributed by atoms with Crippen molar-refractivity contribution in [2.24, 2.45) is 5.92 Å². The van der Waals surface area contributed by atoms with E-state index < -0.39 is 23.9 Å². The first-order valence-electron chi connectivity index (χ1n) is 6.52. The van der Waals surface area contributed by atoms with E-state index in [1.165, 1.54) is 6.92 Å². The highest BCUT2D eigenvalue weighted by molar-refractivity contribution is 5.74. The summed E-state index contributed by atoms with van der Waals surface area (Å²) in [6.07, 6.45) is -1.16. The van der Waals surface area contributed by atoms with E-state index in [-0.39, 0.29) is 5.56 Å². The Bertz CT molecular complexity index is 441. The van der Waals surface area contributed by atoms with Gasteiger partial charge in [-0.1, -0.05) is 37.6 Å². The number of alkyl halides is 2. The van der Waals surface area contributed by atoms with Crippen molar-refractivity contribution in [3.63, 3.8) is 0 Å². The van der Waals surface area contributed by atoms with Gasteiger partial charge in [-0.3, -0.25) is 4.79 Å². The Morgan fingerprint density at radius 1 is 1.35 bits per heavy atom. The SMILES string of the molecule is CCCc1ccc(C(C)(O)C(C(=O)OC)C(F)F)cc1. The van der Waals surface area contributed by atoms with Crippen molar-refractivity contribution in [1.29, 1.82) is 0 Å². The predicted octanol–water partition coefficient (Wildman–Crippen LogP) is 2.90. The summed E-state index contributed by atoms with van der Waals surface area (Å²) in [6.45, 7) is 3.24. The molecule has 0 saturated heterocycles. The van der Waals surface area contributed by atoms with Gasteiger partial charge in [0.2, 0.25) is 0 Å². The molecule has 0 saturated carbocycles. The molecule has 5 heteroatoms. The van der Waals surface area contributed by atoms with Gasteiger partial charge in [0, 0.05) is 0 Å². The maximum Gasteiger partial charge on any atom is 0.317 e. The van der Waals surface area contributed by atoms with Gasteiger partial charge in [0.1, 0.15) is 11.5 Å². The number of halogens is 2. The monoisotopic (exact) mass is 286 g/mol. The Hall–Kier alpha value is -1.49. The zero-order valence-electron chi connectivity index (χ0n) is 11.9. The fourth-order valence-electron chi connectivity index (χ4n) is 2.18. The van der Waals surface area contributed by atoms with Crippen LogP contribution in [0.4, 0.5) is 8.78 Å². The fraction of sp³-hybridized carbons (Fsp3) is 0.533. The Labute approximate surface area is 117 Å². The number of aliphatic hydroxyl groups is 1. The second-order valence-electron chi connectivity index (χ2n) is 4.93. The van der Waals surface area contributed by atoms with Gasteiger partial charge in [0.15, 0.2) is 0 Å². The quantitative estimate of drug-likeness (QED) is 0.818. The zero-order valence-corrected chi connectivity index (χ0v) is 11.9. The number of aryl methyl sites for hydroxylation is 1. The van der Waals surface area contributed by atoms with Crippen LogP contribution < -0.4 is 0 Å². The molecule has 0 heterocycles. The third-order valence-electron chi connectivity index (χ3n) is 3.39. The summed E-state index contributed by atoms with van der Waals surface area (Å²) in [5, 5.41) is 10.4. The molecule has 0 fully saturated rings. The molecule has 3 nitrogen and oxygen atoms in total. The highest BCUT2D eigenvalue weighted by Gasteiger charge is 2.46. The Kier molecular flexibility index (Phi) is 5.62. The number of esters is 1. The summed E-state index contributed by atoms with van der Waals surface area (Å²) in [5.41, 5.74) is -0.654. The van der Waals surface area contributed by atoms with Crippen molar-refractivity contribution in [3.05, 3.63) is 35.4 Å². The Balaban J connectivity index is 3.08. The van der Waals surface area contributed by atoms with Crippen LogP contribution in [0.2, 0.25) is 0 Å². The van der Waals surface area contributed by atoms with Gasteiger partial charge >= 0.3 is 5.97 Å². The van der Waals surface area contributed by atoms with Crippen molar-refractivity contribution in [1.82, 2.24) is 0 Å². The molecule has 0 aromatic heterocycles. The molecular formula is C15H20F2O3. The van der Waals surface area contributed by atoms with Gasteiger partial charge in [-0.05, 0) is 24.5 Å². The molecule has 1 N–H and O–H groups in total. The van der Waals surface area contributed by atoms with Crippen LogP contribution in [0.3, 0.4) is 0 Å². The molecule has 0 spiro atoms. The van der Waals surface area contributed by atoms with Crippen LogP contribution in [-0.4, -0.2) is 24.6 Å². The lowest BCUT2D eigenvalue weighted by molar-refractivity contribution is -0.167. The summed E-state index contributed by atoms with van der Waals surface area (Å²) >= 11 is 0. The van der Waals surface area contributed by atoms with Crippen molar-refractivity contribution in [3.8, 4) is 0 Å². The molecule has 2 atom stereocenters. The molecule has 0 aliphatic carbocycles. The lowest BCUT2D eigenvalue weighted by Gasteiger charge is -2.31. The molecule has 1 aromatic rings. The fourth-order valence-corrected chi connectivity index (χ4v) is 2.18. The molecule has 0 aliphatic rings. The molecule has 20 heavy (non-hydrogen) atoms. The minimum atomic E-state index is -3.01. The first kappa shape index (κ1) is 16.6. The van der Waals surface area contributed by atoms with Gasteiger partial charge in [0.25, 0.3) is 6.43 Å². The number of rotatable bonds is 6. The summed E-state index contributed by atoms with van der Waals surface area (Å²) in [7, 11) is 1.03. The molecule has 1 aromatic carbocycles. The smallest absolute Gasteiger partial charge is 0.317 e. The topological polar surface area (TPSA) is 46.5 Å². The van der Waals surface area contributed by atoms with Crippen LogP contribution in [0.25, 0.3) is 0 Å². The first-order valence-corrected chi connectivity index (χ1v) is 6.52. The van der Waals surface area contributed by atoms with Gasteiger partial charge < -0.3 is 9.84 Å². The summed E-state index contributed by atoms with van der Waals surface area (Å²) in [6, 6.07) is 6.69. The highest BCUT2D eigenvalue weighted by Crippen LogP contribution is 2.34. The highest BCUT2D eigenvalue weighted by atomic mass is 19.3. The van der Waals surface area contributed by atoms with Gasteiger partial charge in [0.05, 0.1) is 7.11 Å². The van der Waals surface area contributed by atoms with E-state index in [9.17, 15) is 18.7 Å². The van der Waals surface area contributed by atoms with Crippen LogP contribution in [0.15, 0.2) is 24.3 Å². The number of methoxy groups -OCH3 is 1. The van der Waals surface area contributed by atoms with E-state index in [2.05, 4.69) is 4.74 Å². The third-order valence-corrected chi connectivity index (χ3v) is 3.39. The van der Waals surface area contributed by atoms with Crippen LogP contribution in [0.5, 0.6) is 0 Å². The normalized spacial score (nSPS) is 15.8. The molecule has 0 amide bonds. The minimum Gasteiger partial charge on any atom is -0.469 e. The average Bonchev–Trinajstić information content (AvgIpc) is 2.39. The number of benzene rings is 1. The van der Waals surface area contributed by atoms with Crippen LogP contribution in [0, 0.1) is 5.92 Å². The lowest BCUT2D eigenvalue weighted by Crippen LogP contribution is -2.42. The average molecular weight is 286 g/mol. The number of hydrogen-bond acceptors (Lipinski definition) is 3. The molecule has 2 unspecified atom stereocenters. The zero-order chi connectivity index (χ0) is 15.3. The third kappa shape index (κ3) is 3.54. The van der Waals surface area contributed by atoms with E-state index in [1.807, 2.05) is 6.92 Å². The van der Waals surface area contributed by atoms with Crippen molar-refractivity contribution < 1.29 is 23.4 Å². The maximum atomic E-state index is 13.1. The van der Waals surface area contributed by atoms with Crippen LogP contribution in [-0.2, 0) is 21.6 Å². The number of ether oxygens (including phenoxy) is 1. The van der Waals surface area contributed by atoms with Crippen molar-refractivity contribution >= 4 is 5.97 Å². The van der Waals surface area contributed by atoms with Crippen LogP contribution >= 0.6 is 0 Å². The summed E-state index contributed by atoms with van der Waals surface area (Å²) in [5.74, 6) is -3.04. The van der Waals surface area contributed by atoms with Crippen molar-refractivity contribution in [2.45, 2.75) is 38.7 Å². The van der Waals surface area contributed by atoms with Gasteiger partial charge in [-0.15, -0.1) is 0 Å².